The van der Waals surface area contributed by atoms with E-state index in [9.17, 15) is 4.39 Å². The van der Waals surface area contributed by atoms with Gasteiger partial charge >= 0.3 is 0 Å². The molecular formula is C11H13FO2. The topological polar surface area (TPSA) is 18.5 Å². The highest BCUT2D eigenvalue weighted by Gasteiger charge is 2.23. The molecule has 14 heavy (non-hydrogen) atoms. The smallest absolute Gasteiger partial charge is 0.167 e. The van der Waals surface area contributed by atoms with Crippen LogP contribution in [0.3, 0.4) is 0 Å². The lowest BCUT2D eigenvalue weighted by Gasteiger charge is -2.10. The molecule has 0 bridgehead atoms. The Balaban J connectivity index is 2.60. The van der Waals surface area contributed by atoms with Crippen molar-refractivity contribution in [3.8, 4) is 11.5 Å². The lowest BCUT2D eigenvalue weighted by atomic mass is 10.0. The normalized spacial score (nSPS) is 13.6. The largest absolute Gasteiger partial charge is 0.493 e. The van der Waals surface area contributed by atoms with E-state index in [4.69, 9.17) is 9.47 Å². The third-order valence-corrected chi connectivity index (χ3v) is 2.55. The van der Waals surface area contributed by atoms with Gasteiger partial charge < -0.3 is 9.47 Å². The summed E-state index contributed by atoms with van der Waals surface area (Å²) in [6.45, 7) is 2.48. The molecule has 1 heterocycles. The van der Waals surface area contributed by atoms with E-state index in [1.165, 1.54) is 0 Å². The lowest BCUT2D eigenvalue weighted by Crippen LogP contribution is -1.96. The van der Waals surface area contributed by atoms with Gasteiger partial charge in [-0.05, 0) is 18.1 Å². The molecule has 0 fully saturated rings. The SMILES string of the molecule is CCc1cc(OC)c2c(c1F)CCO2. The van der Waals surface area contributed by atoms with E-state index in [1.807, 2.05) is 6.92 Å². The number of hydrogen-bond donors (Lipinski definition) is 0. The van der Waals surface area contributed by atoms with Crippen molar-refractivity contribution in [2.24, 2.45) is 0 Å². The summed E-state index contributed by atoms with van der Waals surface area (Å²) < 4.78 is 24.3. The predicted molar refractivity (Wildman–Crippen MR) is 51.5 cm³/mol. The summed E-state index contributed by atoms with van der Waals surface area (Å²) >= 11 is 0. The number of benzene rings is 1. The van der Waals surface area contributed by atoms with Gasteiger partial charge in [0.25, 0.3) is 0 Å². The quantitative estimate of drug-likeness (QED) is 0.722. The predicted octanol–water partition coefficient (Wildman–Crippen LogP) is 2.33. The van der Waals surface area contributed by atoms with Gasteiger partial charge in [-0.2, -0.15) is 0 Å². The lowest BCUT2D eigenvalue weighted by molar-refractivity contribution is 0.325. The van der Waals surface area contributed by atoms with Crippen LogP contribution >= 0.6 is 0 Å². The summed E-state index contributed by atoms with van der Waals surface area (Å²) in [4.78, 5) is 0. The molecule has 0 aromatic heterocycles. The second kappa shape index (κ2) is 3.48. The Labute approximate surface area is 82.6 Å². The minimum Gasteiger partial charge on any atom is -0.493 e. The number of fused-ring (bicyclic) bond motifs is 1. The molecule has 0 spiro atoms. The van der Waals surface area contributed by atoms with E-state index in [-0.39, 0.29) is 5.82 Å². The zero-order valence-corrected chi connectivity index (χ0v) is 8.39. The standard InChI is InChI=1S/C11H13FO2/c1-3-7-6-9(13-2)11-8(10(7)12)4-5-14-11/h6H,3-5H2,1-2H3. The van der Waals surface area contributed by atoms with Crippen molar-refractivity contribution in [1.82, 2.24) is 0 Å². The molecular weight excluding hydrogens is 183 g/mol. The molecule has 0 N–H and O–H groups in total. The Morgan fingerprint density at radius 2 is 2.36 bits per heavy atom. The van der Waals surface area contributed by atoms with Crippen molar-refractivity contribution < 1.29 is 13.9 Å². The molecule has 3 heteroatoms. The van der Waals surface area contributed by atoms with Crippen LogP contribution in [0, 0.1) is 5.82 Å². The maximum Gasteiger partial charge on any atom is 0.167 e. The Hall–Kier alpha value is -1.25. The highest BCUT2D eigenvalue weighted by Crippen LogP contribution is 2.39. The fourth-order valence-electron chi connectivity index (χ4n) is 1.77. The third-order valence-electron chi connectivity index (χ3n) is 2.55. The average Bonchev–Trinajstić information content (AvgIpc) is 2.68. The summed E-state index contributed by atoms with van der Waals surface area (Å²) in [5.74, 6) is 1.11. The van der Waals surface area contributed by atoms with Crippen LogP contribution in [0.15, 0.2) is 6.07 Å². The molecule has 0 radical (unpaired) electrons. The molecule has 1 aliphatic rings. The molecule has 0 saturated heterocycles. The maximum absolute atomic E-state index is 13.8. The monoisotopic (exact) mass is 196 g/mol. The number of hydrogen-bond acceptors (Lipinski definition) is 2. The van der Waals surface area contributed by atoms with E-state index >= 15 is 0 Å². The minimum atomic E-state index is -0.124. The van der Waals surface area contributed by atoms with Crippen LogP contribution < -0.4 is 9.47 Å². The van der Waals surface area contributed by atoms with Gasteiger partial charge in [0, 0.05) is 12.0 Å². The second-order valence-electron chi connectivity index (χ2n) is 3.31. The molecule has 76 valence electrons. The van der Waals surface area contributed by atoms with Crippen molar-refractivity contribution in [2.45, 2.75) is 19.8 Å². The molecule has 0 atom stereocenters. The highest BCUT2D eigenvalue weighted by molar-refractivity contribution is 5.52. The fraction of sp³-hybridized carbons (Fsp3) is 0.455. The summed E-state index contributed by atoms with van der Waals surface area (Å²) in [5.41, 5.74) is 1.37. The van der Waals surface area contributed by atoms with Crippen molar-refractivity contribution in [1.29, 1.82) is 0 Å². The number of methoxy groups -OCH3 is 1. The van der Waals surface area contributed by atoms with E-state index in [0.717, 1.165) is 0 Å². The van der Waals surface area contributed by atoms with Crippen molar-refractivity contribution in [2.75, 3.05) is 13.7 Å². The van der Waals surface area contributed by atoms with Crippen LogP contribution in [0.4, 0.5) is 4.39 Å². The van der Waals surface area contributed by atoms with Gasteiger partial charge in [-0.3, -0.25) is 0 Å². The van der Waals surface area contributed by atoms with Crippen LogP contribution in [0.5, 0.6) is 11.5 Å². The molecule has 0 aliphatic carbocycles. The zero-order chi connectivity index (χ0) is 10.1. The maximum atomic E-state index is 13.8. The van der Waals surface area contributed by atoms with Crippen LogP contribution in [-0.4, -0.2) is 13.7 Å². The highest BCUT2D eigenvalue weighted by atomic mass is 19.1. The summed E-state index contributed by atoms with van der Waals surface area (Å²) in [5, 5.41) is 0. The van der Waals surface area contributed by atoms with E-state index in [1.54, 1.807) is 13.2 Å². The van der Waals surface area contributed by atoms with Crippen molar-refractivity contribution >= 4 is 0 Å². The van der Waals surface area contributed by atoms with Gasteiger partial charge in [0.05, 0.1) is 13.7 Å². The first-order chi connectivity index (χ1) is 6.77. The fourth-order valence-corrected chi connectivity index (χ4v) is 1.77. The Morgan fingerprint density at radius 3 is 3.00 bits per heavy atom. The summed E-state index contributed by atoms with van der Waals surface area (Å²) in [6, 6.07) is 1.72. The molecule has 2 rings (SSSR count). The molecule has 1 aromatic carbocycles. The summed E-state index contributed by atoms with van der Waals surface area (Å²) in [7, 11) is 1.58. The summed E-state index contributed by atoms with van der Waals surface area (Å²) in [6.07, 6.45) is 1.32. The van der Waals surface area contributed by atoms with E-state index in [2.05, 4.69) is 0 Å². The minimum absolute atomic E-state index is 0.124. The Bertz CT molecular complexity index is 361. The third kappa shape index (κ3) is 1.24. The van der Waals surface area contributed by atoms with Gasteiger partial charge in [0.1, 0.15) is 5.82 Å². The van der Waals surface area contributed by atoms with Crippen molar-refractivity contribution in [3.63, 3.8) is 0 Å². The molecule has 1 aliphatic heterocycles. The van der Waals surface area contributed by atoms with Gasteiger partial charge in [0.15, 0.2) is 11.5 Å². The first-order valence-corrected chi connectivity index (χ1v) is 4.79. The van der Waals surface area contributed by atoms with Crippen LogP contribution in [0.2, 0.25) is 0 Å². The number of aryl methyl sites for hydroxylation is 1. The molecule has 0 saturated carbocycles. The Kier molecular flexibility index (Phi) is 2.32. The molecule has 0 unspecified atom stereocenters. The van der Waals surface area contributed by atoms with Gasteiger partial charge in [-0.15, -0.1) is 0 Å². The van der Waals surface area contributed by atoms with E-state index < -0.39 is 0 Å². The Morgan fingerprint density at radius 1 is 1.57 bits per heavy atom. The van der Waals surface area contributed by atoms with Crippen molar-refractivity contribution in [3.05, 3.63) is 23.0 Å². The van der Waals surface area contributed by atoms with Gasteiger partial charge in [0.2, 0.25) is 0 Å². The first-order valence-electron chi connectivity index (χ1n) is 4.79. The number of rotatable bonds is 2. The molecule has 0 amide bonds. The average molecular weight is 196 g/mol. The van der Waals surface area contributed by atoms with E-state index in [0.29, 0.717) is 42.1 Å². The van der Waals surface area contributed by atoms with Crippen LogP contribution in [-0.2, 0) is 12.8 Å². The molecule has 2 nitrogen and oxygen atoms in total. The zero-order valence-electron chi connectivity index (χ0n) is 8.39. The van der Waals surface area contributed by atoms with Crippen LogP contribution in [0.1, 0.15) is 18.1 Å². The number of halogens is 1. The van der Waals surface area contributed by atoms with Crippen LogP contribution in [0.25, 0.3) is 0 Å². The first kappa shape index (κ1) is 9.31. The van der Waals surface area contributed by atoms with Gasteiger partial charge in [-0.25, -0.2) is 4.39 Å². The second-order valence-corrected chi connectivity index (χ2v) is 3.31. The number of ether oxygens (including phenoxy) is 2. The molecule has 1 aromatic rings. The van der Waals surface area contributed by atoms with Gasteiger partial charge in [-0.1, -0.05) is 6.92 Å².